The van der Waals surface area contributed by atoms with Crippen molar-refractivity contribution in [1.29, 1.82) is 0 Å². The van der Waals surface area contributed by atoms with Crippen LogP contribution in [0.25, 0.3) is 0 Å². The van der Waals surface area contributed by atoms with Crippen LogP contribution in [-0.4, -0.2) is 36.8 Å². The van der Waals surface area contributed by atoms with E-state index < -0.39 is 10.0 Å². The summed E-state index contributed by atoms with van der Waals surface area (Å²) in [6.07, 6.45) is 4.85. The first-order valence-corrected chi connectivity index (χ1v) is 7.33. The van der Waals surface area contributed by atoms with Gasteiger partial charge in [0, 0.05) is 19.0 Å². The van der Waals surface area contributed by atoms with Gasteiger partial charge in [0.15, 0.2) is 0 Å². The Morgan fingerprint density at radius 3 is 3.12 bits per heavy atom. The summed E-state index contributed by atoms with van der Waals surface area (Å²) in [7, 11) is -3.33. The molecule has 96 valence electrons. The quantitative estimate of drug-likeness (QED) is 0.809. The van der Waals surface area contributed by atoms with Crippen molar-refractivity contribution in [3.8, 4) is 0 Å². The summed E-state index contributed by atoms with van der Waals surface area (Å²) >= 11 is 0. The minimum Gasteiger partial charge on any atom is -0.377 e. The molecule has 0 saturated carbocycles. The van der Waals surface area contributed by atoms with Crippen molar-refractivity contribution < 1.29 is 13.2 Å². The molecule has 1 aliphatic rings. The molecule has 0 aromatic carbocycles. The molecule has 2 unspecified atom stereocenters. The number of rotatable bonds is 5. The number of nitrogens with zero attached hydrogens (tertiary/aromatic N) is 1. The fourth-order valence-corrected chi connectivity index (χ4v) is 3.41. The third-order valence-corrected chi connectivity index (χ3v) is 4.24. The molecule has 2 heterocycles. The maximum atomic E-state index is 11.9. The normalized spacial score (nSPS) is 22.8. The Morgan fingerprint density at radius 2 is 2.53 bits per heavy atom. The van der Waals surface area contributed by atoms with E-state index in [1.54, 1.807) is 19.3 Å². The molecule has 0 aliphatic carbocycles. The minimum atomic E-state index is -3.33. The van der Waals surface area contributed by atoms with Crippen molar-refractivity contribution in [3.63, 3.8) is 0 Å². The van der Waals surface area contributed by atoms with E-state index in [0.29, 0.717) is 12.4 Å². The Balaban J connectivity index is 1.92. The number of aromatic amines is 1. The first kappa shape index (κ1) is 12.5. The summed E-state index contributed by atoms with van der Waals surface area (Å²) in [4.78, 5) is 6.90. The monoisotopic (exact) mass is 259 g/mol. The van der Waals surface area contributed by atoms with E-state index in [0.717, 1.165) is 12.8 Å². The van der Waals surface area contributed by atoms with E-state index in [1.165, 1.54) is 0 Å². The van der Waals surface area contributed by atoms with Crippen LogP contribution in [-0.2, 0) is 14.8 Å². The Hall–Kier alpha value is -0.920. The SMILES string of the molecule is CC(NS(=O)(=O)CC1CCCO1)c1ncc[nH]1. The average molecular weight is 259 g/mol. The highest BCUT2D eigenvalue weighted by molar-refractivity contribution is 7.89. The van der Waals surface area contributed by atoms with Crippen molar-refractivity contribution in [3.05, 3.63) is 18.2 Å². The van der Waals surface area contributed by atoms with Crippen LogP contribution in [0.15, 0.2) is 12.4 Å². The molecule has 1 aromatic rings. The number of hydrogen-bond acceptors (Lipinski definition) is 4. The lowest BCUT2D eigenvalue weighted by atomic mass is 10.3. The van der Waals surface area contributed by atoms with Gasteiger partial charge in [0.1, 0.15) is 5.82 Å². The van der Waals surface area contributed by atoms with E-state index in [2.05, 4.69) is 14.7 Å². The number of aromatic nitrogens is 2. The van der Waals surface area contributed by atoms with Gasteiger partial charge in [-0.3, -0.25) is 0 Å². The van der Waals surface area contributed by atoms with Crippen molar-refractivity contribution in [2.24, 2.45) is 0 Å². The molecule has 0 spiro atoms. The molecule has 1 aromatic heterocycles. The van der Waals surface area contributed by atoms with Gasteiger partial charge < -0.3 is 9.72 Å². The molecule has 1 fully saturated rings. The van der Waals surface area contributed by atoms with Crippen LogP contribution in [0.4, 0.5) is 0 Å². The molecule has 0 radical (unpaired) electrons. The summed E-state index contributed by atoms with van der Waals surface area (Å²) in [6, 6.07) is -0.351. The van der Waals surface area contributed by atoms with Crippen molar-refractivity contribution >= 4 is 10.0 Å². The predicted octanol–water partition coefficient (Wildman–Crippen LogP) is 0.569. The lowest BCUT2D eigenvalue weighted by Crippen LogP contribution is -2.34. The van der Waals surface area contributed by atoms with Crippen LogP contribution < -0.4 is 4.72 Å². The average Bonchev–Trinajstić information content (AvgIpc) is 2.85. The van der Waals surface area contributed by atoms with Crippen LogP contribution >= 0.6 is 0 Å². The molecule has 2 N–H and O–H groups in total. The van der Waals surface area contributed by atoms with Gasteiger partial charge in [-0.1, -0.05) is 0 Å². The zero-order chi connectivity index (χ0) is 12.3. The fraction of sp³-hybridized carbons (Fsp3) is 0.700. The summed E-state index contributed by atoms with van der Waals surface area (Å²) < 4.78 is 31.6. The van der Waals surface area contributed by atoms with Gasteiger partial charge in [-0.15, -0.1) is 0 Å². The Kier molecular flexibility index (Phi) is 3.80. The zero-order valence-corrected chi connectivity index (χ0v) is 10.5. The van der Waals surface area contributed by atoms with Crippen LogP contribution in [0.1, 0.15) is 31.6 Å². The molecule has 7 heteroatoms. The number of ether oxygens (including phenoxy) is 1. The Bertz CT molecular complexity index is 437. The van der Waals surface area contributed by atoms with Gasteiger partial charge in [0.25, 0.3) is 0 Å². The van der Waals surface area contributed by atoms with Crippen molar-refractivity contribution in [2.45, 2.75) is 31.9 Å². The maximum Gasteiger partial charge on any atom is 0.214 e. The van der Waals surface area contributed by atoms with Crippen LogP contribution in [0.3, 0.4) is 0 Å². The van der Waals surface area contributed by atoms with E-state index in [9.17, 15) is 8.42 Å². The largest absolute Gasteiger partial charge is 0.377 e. The van der Waals surface area contributed by atoms with E-state index in [4.69, 9.17) is 4.74 Å². The fourth-order valence-electron chi connectivity index (χ4n) is 1.91. The summed E-state index contributed by atoms with van der Waals surface area (Å²) in [5.41, 5.74) is 0. The molecule has 1 saturated heterocycles. The molecule has 2 atom stereocenters. The lowest BCUT2D eigenvalue weighted by molar-refractivity contribution is 0.127. The molecule has 1 aliphatic heterocycles. The highest BCUT2D eigenvalue weighted by atomic mass is 32.2. The van der Waals surface area contributed by atoms with Gasteiger partial charge in [-0.25, -0.2) is 18.1 Å². The number of nitrogens with one attached hydrogen (secondary N) is 2. The second-order valence-electron chi connectivity index (χ2n) is 4.23. The second-order valence-corrected chi connectivity index (χ2v) is 6.03. The summed E-state index contributed by atoms with van der Waals surface area (Å²) in [5.74, 6) is 0.638. The highest BCUT2D eigenvalue weighted by Gasteiger charge is 2.25. The Labute approximate surface area is 101 Å². The van der Waals surface area contributed by atoms with Crippen LogP contribution in [0, 0.1) is 0 Å². The maximum absolute atomic E-state index is 11.9. The first-order chi connectivity index (χ1) is 8.07. The van der Waals surface area contributed by atoms with E-state index in [1.807, 2.05) is 0 Å². The number of imidazole rings is 1. The topological polar surface area (TPSA) is 84.1 Å². The van der Waals surface area contributed by atoms with Gasteiger partial charge in [0.2, 0.25) is 10.0 Å². The minimum absolute atomic E-state index is 0.0258. The summed E-state index contributed by atoms with van der Waals surface area (Å²) in [5, 5.41) is 0. The number of hydrogen-bond donors (Lipinski definition) is 2. The lowest BCUT2D eigenvalue weighted by Gasteiger charge is -2.14. The van der Waals surface area contributed by atoms with Crippen LogP contribution in [0.2, 0.25) is 0 Å². The molecule has 0 bridgehead atoms. The summed E-state index contributed by atoms with van der Waals surface area (Å²) in [6.45, 7) is 2.42. The van der Waals surface area contributed by atoms with Gasteiger partial charge in [0.05, 0.1) is 17.9 Å². The molecule has 17 heavy (non-hydrogen) atoms. The number of H-pyrrole nitrogens is 1. The van der Waals surface area contributed by atoms with E-state index >= 15 is 0 Å². The smallest absolute Gasteiger partial charge is 0.214 e. The third kappa shape index (κ3) is 3.52. The van der Waals surface area contributed by atoms with E-state index in [-0.39, 0.29) is 17.9 Å². The standard InChI is InChI=1S/C10H17N3O3S/c1-8(10-11-4-5-12-10)13-17(14,15)7-9-3-2-6-16-9/h4-5,8-9,13H,2-3,6-7H2,1H3,(H,11,12). The molecule has 6 nitrogen and oxygen atoms in total. The molecular formula is C10H17N3O3S. The predicted molar refractivity (Wildman–Crippen MR) is 62.9 cm³/mol. The molecule has 0 amide bonds. The van der Waals surface area contributed by atoms with Gasteiger partial charge in [-0.2, -0.15) is 0 Å². The number of sulfonamides is 1. The molecule has 2 rings (SSSR count). The third-order valence-electron chi connectivity index (χ3n) is 2.72. The molecular weight excluding hydrogens is 242 g/mol. The zero-order valence-electron chi connectivity index (χ0n) is 9.72. The Morgan fingerprint density at radius 1 is 1.71 bits per heavy atom. The second kappa shape index (κ2) is 5.16. The first-order valence-electron chi connectivity index (χ1n) is 5.68. The van der Waals surface area contributed by atoms with Crippen LogP contribution in [0.5, 0.6) is 0 Å². The van der Waals surface area contributed by atoms with Crippen molar-refractivity contribution in [1.82, 2.24) is 14.7 Å². The highest BCUT2D eigenvalue weighted by Crippen LogP contribution is 2.15. The van der Waals surface area contributed by atoms with Crippen molar-refractivity contribution in [2.75, 3.05) is 12.4 Å². The van der Waals surface area contributed by atoms with Gasteiger partial charge >= 0.3 is 0 Å². The van der Waals surface area contributed by atoms with Gasteiger partial charge in [-0.05, 0) is 19.8 Å².